The Hall–Kier alpha value is -0.0831. The van der Waals surface area contributed by atoms with Gasteiger partial charge < -0.3 is 4.90 Å². The zero-order valence-electron chi connectivity index (χ0n) is 6.89. The van der Waals surface area contributed by atoms with Crippen LogP contribution in [0, 0.1) is 0 Å². The van der Waals surface area contributed by atoms with Crippen LogP contribution in [-0.4, -0.2) is 34.3 Å². The zero-order chi connectivity index (χ0) is 7.28. The molecule has 0 radical (unpaired) electrons. The minimum absolute atomic E-state index is 0.437. The van der Waals surface area contributed by atoms with Gasteiger partial charge >= 0.3 is 0 Å². The highest BCUT2D eigenvalue weighted by Gasteiger charge is 1.85. The fraction of sp³-hybridized carbons (Fsp3) is 0.714. The first-order valence-corrected chi connectivity index (χ1v) is 6.42. The van der Waals surface area contributed by atoms with E-state index in [2.05, 4.69) is 43.9 Å². The molecule has 9 heavy (non-hydrogen) atoms. The summed E-state index contributed by atoms with van der Waals surface area (Å²) in [7, 11) is 3.74. The second kappa shape index (κ2) is 4.76. The van der Waals surface area contributed by atoms with Gasteiger partial charge in [-0.15, -0.1) is 5.70 Å². The maximum atomic E-state index is 2.36. The second-order valence-corrected chi connectivity index (χ2v) is 5.81. The topological polar surface area (TPSA) is 3.24 Å². The van der Waals surface area contributed by atoms with Gasteiger partial charge in [0.05, 0.1) is 8.80 Å². The Kier molecular flexibility index (Phi) is 4.72. The quantitative estimate of drug-likeness (QED) is 0.535. The van der Waals surface area contributed by atoms with Crippen molar-refractivity contribution < 1.29 is 0 Å². The summed E-state index contributed by atoms with van der Waals surface area (Å²) < 4.78 is 0. The molecule has 0 heterocycles. The molecule has 0 saturated carbocycles. The number of nitrogens with zero attached hydrogens (tertiary/aromatic N) is 1. The van der Waals surface area contributed by atoms with Crippen LogP contribution in [-0.2, 0) is 0 Å². The van der Waals surface area contributed by atoms with E-state index in [9.17, 15) is 0 Å². The Morgan fingerprint density at radius 2 is 1.89 bits per heavy atom. The predicted octanol–water partition coefficient (Wildman–Crippen LogP) is 1.13. The van der Waals surface area contributed by atoms with Gasteiger partial charge in [0.25, 0.3) is 0 Å². The van der Waals surface area contributed by atoms with Gasteiger partial charge in [-0.05, 0) is 14.1 Å². The van der Waals surface area contributed by atoms with Crippen molar-refractivity contribution in [1.29, 1.82) is 0 Å². The molecule has 0 amide bonds. The number of rotatable bonds is 3. The molecule has 0 aliphatic heterocycles. The number of hydrogen-bond acceptors (Lipinski definition) is 1. The summed E-state index contributed by atoms with van der Waals surface area (Å²) in [5.74, 6) is 0. The average Bonchev–Trinajstić information content (AvgIpc) is 1.63. The molecule has 0 N–H and O–H groups in total. The summed E-state index contributed by atoms with van der Waals surface area (Å²) in [5.41, 5.74) is 2.36. The van der Waals surface area contributed by atoms with Crippen LogP contribution in [0.3, 0.4) is 0 Å². The van der Waals surface area contributed by atoms with E-state index < -0.39 is 8.80 Å². The van der Waals surface area contributed by atoms with Gasteiger partial charge in [0.2, 0.25) is 0 Å². The summed E-state index contributed by atoms with van der Waals surface area (Å²) in [5, 5.41) is 0. The Morgan fingerprint density at radius 1 is 1.33 bits per heavy atom. The summed E-state index contributed by atoms with van der Waals surface area (Å²) in [6.07, 6.45) is 2.26. The molecule has 1 nitrogen and oxygen atoms in total. The third-order valence-electron chi connectivity index (χ3n) is 0.992. The molecule has 0 rings (SSSR count). The van der Waals surface area contributed by atoms with E-state index in [0.717, 1.165) is 6.54 Å². The van der Waals surface area contributed by atoms with Gasteiger partial charge in [-0.25, -0.2) is 0 Å². The minimum atomic E-state index is -0.437. The van der Waals surface area contributed by atoms with E-state index in [1.807, 2.05) is 0 Å². The number of likely N-dealkylation sites (N-methyl/N-ethyl adjacent to an activating group) is 1. The molecule has 0 fully saturated rings. The molecule has 0 aromatic rings. The largest absolute Gasteiger partial charge is 0.306 e. The summed E-state index contributed by atoms with van der Waals surface area (Å²) in [4.78, 5) is 2.17. The maximum absolute atomic E-state index is 2.36. The summed E-state index contributed by atoms with van der Waals surface area (Å²) >= 11 is 0. The SMILES string of the molecule is CN(C)CC=C[SiH](C)C. The summed E-state index contributed by atoms with van der Waals surface area (Å²) in [6, 6.07) is 0. The van der Waals surface area contributed by atoms with Gasteiger partial charge in [-0.1, -0.05) is 19.2 Å². The van der Waals surface area contributed by atoms with E-state index in [4.69, 9.17) is 0 Å². The smallest absolute Gasteiger partial charge is 0.0550 e. The highest BCUT2D eigenvalue weighted by atomic mass is 28.3. The Morgan fingerprint density at radius 3 is 2.22 bits per heavy atom. The molecule has 0 aliphatic rings. The lowest BCUT2D eigenvalue weighted by atomic mass is 10.6. The molecule has 0 unspecified atom stereocenters. The molecule has 0 aliphatic carbocycles. The average molecular weight is 143 g/mol. The minimum Gasteiger partial charge on any atom is -0.306 e. The molecule has 0 aromatic carbocycles. The Bertz CT molecular complexity index is 86.9. The van der Waals surface area contributed by atoms with E-state index in [-0.39, 0.29) is 0 Å². The molecule has 0 spiro atoms. The molecule has 54 valence electrons. The monoisotopic (exact) mass is 143 g/mol. The Balaban J connectivity index is 3.25. The van der Waals surface area contributed by atoms with Crippen molar-refractivity contribution in [1.82, 2.24) is 4.90 Å². The van der Waals surface area contributed by atoms with Crippen molar-refractivity contribution in [2.75, 3.05) is 20.6 Å². The van der Waals surface area contributed by atoms with Gasteiger partial charge in [0, 0.05) is 6.54 Å². The van der Waals surface area contributed by atoms with Crippen LogP contribution >= 0.6 is 0 Å². The molecular weight excluding hydrogens is 126 g/mol. The van der Waals surface area contributed by atoms with Crippen molar-refractivity contribution in [3.63, 3.8) is 0 Å². The summed E-state index contributed by atoms with van der Waals surface area (Å²) in [6.45, 7) is 5.74. The van der Waals surface area contributed by atoms with E-state index in [0.29, 0.717) is 0 Å². The van der Waals surface area contributed by atoms with Crippen LogP contribution in [0.4, 0.5) is 0 Å². The first-order chi connectivity index (χ1) is 4.13. The molecule has 0 bridgehead atoms. The molecule has 0 aromatic heterocycles. The van der Waals surface area contributed by atoms with Crippen LogP contribution in [0.2, 0.25) is 13.1 Å². The highest BCUT2D eigenvalue weighted by molar-refractivity contribution is 6.61. The fourth-order valence-electron chi connectivity index (χ4n) is 0.544. The van der Waals surface area contributed by atoms with Crippen LogP contribution in [0.15, 0.2) is 11.8 Å². The van der Waals surface area contributed by atoms with E-state index in [1.165, 1.54) is 0 Å². The maximum Gasteiger partial charge on any atom is 0.0550 e. The number of hydrogen-bond donors (Lipinski definition) is 0. The van der Waals surface area contributed by atoms with Gasteiger partial charge in [-0.3, -0.25) is 0 Å². The fourth-order valence-corrected chi connectivity index (χ4v) is 1.21. The van der Waals surface area contributed by atoms with Crippen LogP contribution in [0.1, 0.15) is 0 Å². The van der Waals surface area contributed by atoms with Gasteiger partial charge in [0.1, 0.15) is 0 Å². The van der Waals surface area contributed by atoms with Gasteiger partial charge in [-0.2, -0.15) is 0 Å². The van der Waals surface area contributed by atoms with Crippen molar-refractivity contribution in [3.05, 3.63) is 11.8 Å². The lowest BCUT2D eigenvalue weighted by Crippen LogP contribution is -2.11. The standard InChI is InChI=1S/C7H17NSi/c1-8(2)6-5-7-9(3)4/h5,7,9H,6H2,1-4H3. The highest BCUT2D eigenvalue weighted by Crippen LogP contribution is 1.83. The third-order valence-corrected chi connectivity index (χ3v) is 2.03. The zero-order valence-corrected chi connectivity index (χ0v) is 8.04. The van der Waals surface area contributed by atoms with E-state index in [1.54, 1.807) is 0 Å². The van der Waals surface area contributed by atoms with Crippen molar-refractivity contribution in [2.24, 2.45) is 0 Å². The first-order valence-electron chi connectivity index (χ1n) is 3.44. The third kappa shape index (κ3) is 7.92. The lowest BCUT2D eigenvalue weighted by molar-refractivity contribution is 0.456. The predicted molar refractivity (Wildman–Crippen MR) is 46.6 cm³/mol. The normalized spacial score (nSPS) is 12.2. The second-order valence-electron chi connectivity index (χ2n) is 2.93. The van der Waals surface area contributed by atoms with Crippen molar-refractivity contribution in [2.45, 2.75) is 13.1 Å². The van der Waals surface area contributed by atoms with E-state index >= 15 is 0 Å². The van der Waals surface area contributed by atoms with Crippen LogP contribution in [0.5, 0.6) is 0 Å². The van der Waals surface area contributed by atoms with Crippen LogP contribution < -0.4 is 0 Å². The first kappa shape index (κ1) is 8.92. The molecular formula is C7H17NSi. The van der Waals surface area contributed by atoms with Crippen molar-refractivity contribution >= 4 is 8.80 Å². The Labute approximate surface area is 60.0 Å². The molecule has 0 atom stereocenters. The molecule has 2 heteroatoms. The molecule has 0 saturated heterocycles. The van der Waals surface area contributed by atoms with Gasteiger partial charge in [0.15, 0.2) is 0 Å². The van der Waals surface area contributed by atoms with Crippen LogP contribution in [0.25, 0.3) is 0 Å². The van der Waals surface area contributed by atoms with Crippen molar-refractivity contribution in [3.8, 4) is 0 Å². The lowest BCUT2D eigenvalue weighted by Gasteiger charge is -2.03.